The molecule has 0 saturated carbocycles. The van der Waals surface area contributed by atoms with Crippen LogP contribution in [0.5, 0.6) is 0 Å². The summed E-state index contributed by atoms with van der Waals surface area (Å²) in [6.07, 6.45) is 0.0554. The lowest BCUT2D eigenvalue weighted by Crippen LogP contribution is -1.99. The van der Waals surface area contributed by atoms with E-state index in [0.29, 0.717) is 0 Å². The van der Waals surface area contributed by atoms with Crippen LogP contribution in [0, 0.1) is 13.8 Å². The van der Waals surface area contributed by atoms with Crippen molar-refractivity contribution in [1.82, 2.24) is 9.97 Å². The molecule has 0 aliphatic heterocycles. The number of thiazole rings is 2. The van der Waals surface area contributed by atoms with Crippen LogP contribution in [-0.4, -0.2) is 21.0 Å². The number of hydrogen-bond acceptors (Lipinski definition) is 6. The summed E-state index contributed by atoms with van der Waals surface area (Å²) in [5.74, 6) is -0.0301. The van der Waals surface area contributed by atoms with Gasteiger partial charge in [-0.05, 0) is 13.8 Å². The van der Waals surface area contributed by atoms with Gasteiger partial charge in [0, 0.05) is 16.0 Å². The Hall–Kier alpha value is -0.920. The van der Waals surface area contributed by atoms with Crippen molar-refractivity contribution in [1.29, 1.82) is 0 Å². The van der Waals surface area contributed by atoms with Crippen LogP contribution < -0.4 is 0 Å². The molecule has 0 spiro atoms. The predicted octanol–water partition coefficient (Wildman–Crippen LogP) is 3.14. The third kappa shape index (κ3) is 3.54. The molecule has 0 unspecified atom stereocenters. The average Bonchev–Trinajstić information content (AvgIpc) is 2.83. The third-order valence-corrected chi connectivity index (χ3v) is 5.35. The average molecular weight is 300 g/mol. The molecule has 2 heterocycles. The molecule has 7 heteroatoms. The topological polar surface area (TPSA) is 63.1 Å². The van der Waals surface area contributed by atoms with E-state index in [-0.39, 0.29) is 6.42 Å². The van der Waals surface area contributed by atoms with Gasteiger partial charge in [0.1, 0.15) is 0 Å². The Balaban J connectivity index is 1.99. The van der Waals surface area contributed by atoms with Crippen molar-refractivity contribution in [3.05, 3.63) is 26.7 Å². The van der Waals surface area contributed by atoms with E-state index in [1.54, 1.807) is 23.1 Å². The van der Waals surface area contributed by atoms with Crippen LogP contribution in [0.3, 0.4) is 0 Å². The standard InChI is InChI=1S/C11H12N2O2S3/c1-6-9(3-10(14)15)18-11(12-6)17-5-8-4-16-7(2)13-8/h4H,3,5H2,1-2H3,(H,14,15). The van der Waals surface area contributed by atoms with Crippen molar-refractivity contribution in [3.8, 4) is 0 Å². The molecule has 2 aromatic heterocycles. The van der Waals surface area contributed by atoms with Crippen LogP contribution in [0.1, 0.15) is 21.3 Å². The van der Waals surface area contributed by atoms with Crippen molar-refractivity contribution in [2.24, 2.45) is 0 Å². The molecule has 0 aliphatic rings. The smallest absolute Gasteiger partial charge is 0.308 e. The van der Waals surface area contributed by atoms with E-state index in [0.717, 1.165) is 31.4 Å². The van der Waals surface area contributed by atoms with Gasteiger partial charge in [-0.25, -0.2) is 9.97 Å². The van der Waals surface area contributed by atoms with Crippen LogP contribution >= 0.6 is 34.4 Å². The number of hydrogen-bond donors (Lipinski definition) is 1. The zero-order valence-corrected chi connectivity index (χ0v) is 12.4. The number of aromatic nitrogens is 2. The van der Waals surface area contributed by atoms with Crippen LogP contribution in [-0.2, 0) is 17.0 Å². The minimum absolute atomic E-state index is 0.0554. The summed E-state index contributed by atoms with van der Waals surface area (Å²) >= 11 is 4.71. The van der Waals surface area contributed by atoms with Crippen molar-refractivity contribution in [2.75, 3.05) is 0 Å². The SMILES string of the molecule is Cc1nc(CSc2nc(C)c(CC(=O)O)s2)cs1. The minimum Gasteiger partial charge on any atom is -0.481 e. The fourth-order valence-corrected chi connectivity index (χ4v) is 4.21. The summed E-state index contributed by atoms with van der Waals surface area (Å²) in [7, 11) is 0. The van der Waals surface area contributed by atoms with Crippen LogP contribution in [0.15, 0.2) is 9.72 Å². The molecular formula is C11H12N2O2S3. The number of carbonyl (C=O) groups is 1. The lowest BCUT2D eigenvalue weighted by atomic mass is 10.3. The first-order valence-corrected chi connectivity index (χ1v) is 7.94. The van der Waals surface area contributed by atoms with Gasteiger partial charge in [-0.2, -0.15) is 0 Å². The van der Waals surface area contributed by atoms with E-state index >= 15 is 0 Å². The Morgan fingerprint density at radius 1 is 1.44 bits per heavy atom. The van der Waals surface area contributed by atoms with Crippen LogP contribution in [0.2, 0.25) is 0 Å². The molecule has 2 rings (SSSR count). The summed E-state index contributed by atoms with van der Waals surface area (Å²) in [6.45, 7) is 3.84. The molecule has 0 fully saturated rings. The van der Waals surface area contributed by atoms with Gasteiger partial charge in [0.2, 0.25) is 0 Å². The number of nitrogens with zero attached hydrogens (tertiary/aromatic N) is 2. The summed E-state index contributed by atoms with van der Waals surface area (Å²) in [4.78, 5) is 20.3. The summed E-state index contributed by atoms with van der Waals surface area (Å²) in [6, 6.07) is 0. The van der Waals surface area contributed by atoms with Gasteiger partial charge in [0.25, 0.3) is 0 Å². The molecule has 0 aliphatic carbocycles. The van der Waals surface area contributed by atoms with Crippen molar-refractivity contribution in [3.63, 3.8) is 0 Å². The van der Waals surface area contributed by atoms with Gasteiger partial charge in [-0.15, -0.1) is 22.7 Å². The second kappa shape index (κ2) is 5.81. The molecule has 0 saturated heterocycles. The van der Waals surface area contributed by atoms with Gasteiger partial charge >= 0.3 is 5.97 Å². The zero-order valence-electron chi connectivity index (χ0n) is 9.97. The molecule has 0 radical (unpaired) electrons. The van der Waals surface area contributed by atoms with Gasteiger partial charge in [-0.3, -0.25) is 4.79 Å². The number of aryl methyl sites for hydroxylation is 2. The molecule has 1 N–H and O–H groups in total. The highest BCUT2D eigenvalue weighted by Gasteiger charge is 2.11. The van der Waals surface area contributed by atoms with E-state index in [1.807, 2.05) is 19.2 Å². The maximum absolute atomic E-state index is 10.7. The van der Waals surface area contributed by atoms with Crippen molar-refractivity contribution < 1.29 is 9.90 Å². The quantitative estimate of drug-likeness (QED) is 0.859. The zero-order chi connectivity index (χ0) is 13.1. The first-order valence-electron chi connectivity index (χ1n) is 5.26. The lowest BCUT2D eigenvalue weighted by molar-refractivity contribution is -0.136. The molecule has 96 valence electrons. The van der Waals surface area contributed by atoms with Crippen LogP contribution in [0.25, 0.3) is 0 Å². The van der Waals surface area contributed by atoms with E-state index in [4.69, 9.17) is 5.11 Å². The Morgan fingerprint density at radius 2 is 2.22 bits per heavy atom. The molecule has 0 amide bonds. The second-order valence-corrected chi connectivity index (χ2v) is 7.07. The lowest BCUT2D eigenvalue weighted by Gasteiger charge is -1.92. The molecule has 0 aromatic carbocycles. The van der Waals surface area contributed by atoms with E-state index in [1.165, 1.54) is 11.3 Å². The molecule has 2 aromatic rings. The van der Waals surface area contributed by atoms with Gasteiger partial charge in [-0.1, -0.05) is 11.8 Å². The number of rotatable bonds is 5. The van der Waals surface area contributed by atoms with Gasteiger partial charge in [0.05, 0.1) is 22.8 Å². The minimum atomic E-state index is -0.812. The second-order valence-electron chi connectivity index (χ2n) is 3.71. The molecule has 4 nitrogen and oxygen atoms in total. The highest BCUT2D eigenvalue weighted by Crippen LogP contribution is 2.30. The maximum Gasteiger partial charge on any atom is 0.308 e. The van der Waals surface area contributed by atoms with Crippen molar-refractivity contribution in [2.45, 2.75) is 30.4 Å². The first-order chi connectivity index (χ1) is 8.54. The highest BCUT2D eigenvalue weighted by atomic mass is 32.2. The summed E-state index contributed by atoms with van der Waals surface area (Å²) in [5, 5.41) is 11.9. The first kappa shape index (κ1) is 13.5. The highest BCUT2D eigenvalue weighted by molar-refractivity contribution is 8.00. The summed E-state index contributed by atoms with van der Waals surface area (Å²) < 4.78 is 0.911. The molecular weight excluding hydrogens is 288 g/mol. The van der Waals surface area contributed by atoms with E-state index < -0.39 is 5.97 Å². The van der Waals surface area contributed by atoms with Crippen molar-refractivity contribution >= 4 is 40.4 Å². The van der Waals surface area contributed by atoms with E-state index in [2.05, 4.69) is 9.97 Å². The Kier molecular flexibility index (Phi) is 4.36. The fraction of sp³-hybridized carbons (Fsp3) is 0.364. The predicted molar refractivity (Wildman–Crippen MR) is 74.6 cm³/mol. The Morgan fingerprint density at radius 3 is 2.83 bits per heavy atom. The Bertz CT molecular complexity index is 562. The number of carboxylic acid groups (broad SMARTS) is 1. The molecule has 18 heavy (non-hydrogen) atoms. The van der Waals surface area contributed by atoms with E-state index in [9.17, 15) is 4.79 Å². The molecule has 0 bridgehead atoms. The fourth-order valence-electron chi connectivity index (χ4n) is 1.37. The van der Waals surface area contributed by atoms with Crippen LogP contribution in [0.4, 0.5) is 0 Å². The number of aliphatic carboxylic acids is 1. The largest absolute Gasteiger partial charge is 0.481 e. The molecule has 0 atom stereocenters. The van der Waals surface area contributed by atoms with Gasteiger partial charge < -0.3 is 5.11 Å². The normalized spacial score (nSPS) is 10.8. The number of carboxylic acids is 1. The number of thioether (sulfide) groups is 1. The van der Waals surface area contributed by atoms with Gasteiger partial charge in [0.15, 0.2) is 4.34 Å². The maximum atomic E-state index is 10.7. The third-order valence-electron chi connectivity index (χ3n) is 2.19. The monoisotopic (exact) mass is 300 g/mol. The summed E-state index contributed by atoms with van der Waals surface area (Å²) in [5.41, 5.74) is 1.87. The Labute approximate surface area is 117 Å².